The zero-order chi connectivity index (χ0) is 8.55. The average molecular weight is 199 g/mol. The molecule has 12 heavy (non-hydrogen) atoms. The Kier molecular flexibility index (Phi) is 1.87. The first-order chi connectivity index (χ1) is 5.77. The molecule has 0 fully saturated rings. The highest BCUT2D eigenvalue weighted by Crippen LogP contribution is 2.21. The van der Waals surface area contributed by atoms with Crippen LogP contribution in [-0.2, 0) is 0 Å². The maximum Gasteiger partial charge on any atom is 0.129 e. The maximum atomic E-state index is 5.86. The quantitative estimate of drug-likeness (QED) is 0.609. The Balaban J connectivity index is 2.86. The lowest BCUT2D eigenvalue weighted by atomic mass is 10.3. The zero-order valence-corrected chi connectivity index (χ0v) is 7.47. The summed E-state index contributed by atoms with van der Waals surface area (Å²) in [5, 5.41) is 1.92. The van der Waals surface area contributed by atoms with Crippen LogP contribution in [0.5, 0.6) is 0 Å². The summed E-state index contributed by atoms with van der Waals surface area (Å²) in [6, 6.07) is 3.53. The number of pyridine rings is 2. The molecule has 0 bridgehead atoms. The van der Waals surface area contributed by atoms with Crippen molar-refractivity contribution in [2.45, 2.75) is 0 Å². The van der Waals surface area contributed by atoms with Gasteiger partial charge < -0.3 is 0 Å². The molecule has 2 aromatic heterocycles. The number of nitrogens with zero attached hydrogens (tertiary/aromatic N) is 2. The van der Waals surface area contributed by atoms with E-state index in [1.54, 1.807) is 18.5 Å². The first-order valence-corrected chi connectivity index (χ1v) is 4.09. The van der Waals surface area contributed by atoms with Crippen LogP contribution in [0.3, 0.4) is 0 Å². The molecule has 0 radical (unpaired) electrons. The van der Waals surface area contributed by atoms with Crippen molar-refractivity contribution < 1.29 is 0 Å². The van der Waals surface area contributed by atoms with Crippen molar-refractivity contribution in [2.24, 2.45) is 0 Å². The molecule has 0 aliphatic rings. The molecule has 2 nitrogen and oxygen atoms in total. The van der Waals surface area contributed by atoms with Crippen molar-refractivity contribution >= 4 is 34.1 Å². The van der Waals surface area contributed by atoms with Crippen molar-refractivity contribution in [1.29, 1.82) is 0 Å². The van der Waals surface area contributed by atoms with Crippen LogP contribution < -0.4 is 0 Å². The number of aromatic nitrogens is 2. The van der Waals surface area contributed by atoms with Crippen molar-refractivity contribution in [1.82, 2.24) is 9.97 Å². The van der Waals surface area contributed by atoms with Crippen LogP contribution in [0.4, 0.5) is 0 Å². The third-order valence-electron chi connectivity index (χ3n) is 1.53. The van der Waals surface area contributed by atoms with Gasteiger partial charge in [-0.2, -0.15) is 0 Å². The normalized spacial score (nSPS) is 10.5. The average Bonchev–Trinajstić information content (AvgIpc) is 2.04. The smallest absolute Gasteiger partial charge is 0.129 e. The number of halogens is 2. The van der Waals surface area contributed by atoms with Crippen molar-refractivity contribution in [3.8, 4) is 0 Å². The SMILES string of the molecule is Clc1ccc2c(Cl)cncc2n1. The molecule has 2 rings (SSSR count). The lowest BCUT2D eigenvalue weighted by Crippen LogP contribution is -1.81. The topological polar surface area (TPSA) is 25.8 Å². The summed E-state index contributed by atoms with van der Waals surface area (Å²) >= 11 is 11.6. The van der Waals surface area contributed by atoms with E-state index < -0.39 is 0 Å². The van der Waals surface area contributed by atoms with Gasteiger partial charge in [0.25, 0.3) is 0 Å². The molecule has 0 saturated carbocycles. The van der Waals surface area contributed by atoms with E-state index in [-0.39, 0.29) is 0 Å². The van der Waals surface area contributed by atoms with E-state index in [4.69, 9.17) is 23.2 Å². The Hall–Kier alpha value is -0.860. The molecule has 0 atom stereocenters. The van der Waals surface area contributed by atoms with Crippen LogP contribution >= 0.6 is 23.2 Å². The van der Waals surface area contributed by atoms with Gasteiger partial charge >= 0.3 is 0 Å². The largest absolute Gasteiger partial charge is 0.261 e. The van der Waals surface area contributed by atoms with Crippen LogP contribution in [-0.4, -0.2) is 9.97 Å². The molecule has 0 aliphatic heterocycles. The number of fused-ring (bicyclic) bond motifs is 1. The van der Waals surface area contributed by atoms with Gasteiger partial charge in [-0.05, 0) is 12.1 Å². The Labute approximate surface area is 79.2 Å². The molecule has 0 N–H and O–H groups in total. The van der Waals surface area contributed by atoms with Gasteiger partial charge in [0, 0.05) is 11.6 Å². The second-order valence-corrected chi connectivity index (χ2v) is 3.12. The summed E-state index contributed by atoms with van der Waals surface area (Å²) in [5.41, 5.74) is 0.718. The van der Waals surface area contributed by atoms with Gasteiger partial charge in [0.05, 0.1) is 16.7 Å². The second kappa shape index (κ2) is 2.88. The predicted molar refractivity (Wildman–Crippen MR) is 49.6 cm³/mol. The first-order valence-electron chi connectivity index (χ1n) is 3.33. The van der Waals surface area contributed by atoms with E-state index in [9.17, 15) is 0 Å². The molecule has 0 amide bonds. The highest BCUT2D eigenvalue weighted by Gasteiger charge is 1.99. The Morgan fingerprint density at radius 3 is 2.75 bits per heavy atom. The highest BCUT2D eigenvalue weighted by atomic mass is 35.5. The zero-order valence-electron chi connectivity index (χ0n) is 5.96. The minimum atomic E-state index is 0.451. The van der Waals surface area contributed by atoms with E-state index >= 15 is 0 Å². The van der Waals surface area contributed by atoms with E-state index in [1.807, 2.05) is 6.07 Å². The predicted octanol–water partition coefficient (Wildman–Crippen LogP) is 2.94. The van der Waals surface area contributed by atoms with Crippen molar-refractivity contribution in [3.63, 3.8) is 0 Å². The van der Waals surface area contributed by atoms with Crippen LogP contribution in [0.25, 0.3) is 10.9 Å². The summed E-state index contributed by atoms with van der Waals surface area (Å²) in [7, 11) is 0. The van der Waals surface area contributed by atoms with E-state index in [0.717, 1.165) is 10.9 Å². The Bertz CT molecular complexity index is 428. The lowest BCUT2D eigenvalue weighted by molar-refractivity contribution is 1.31. The summed E-state index contributed by atoms with van der Waals surface area (Å²) in [6.07, 6.45) is 3.21. The number of hydrogen-bond acceptors (Lipinski definition) is 2. The van der Waals surface area contributed by atoms with Crippen LogP contribution in [0.2, 0.25) is 10.2 Å². The summed E-state index contributed by atoms with van der Waals surface area (Å²) in [6.45, 7) is 0. The van der Waals surface area contributed by atoms with Gasteiger partial charge in [-0.15, -0.1) is 0 Å². The third-order valence-corrected chi connectivity index (χ3v) is 2.04. The van der Waals surface area contributed by atoms with E-state index in [2.05, 4.69) is 9.97 Å². The molecule has 0 saturated heterocycles. The summed E-state index contributed by atoms with van der Waals surface area (Å²) in [4.78, 5) is 7.96. The van der Waals surface area contributed by atoms with Gasteiger partial charge in [0.15, 0.2) is 0 Å². The lowest BCUT2D eigenvalue weighted by Gasteiger charge is -1.97. The molecule has 2 heterocycles. The molecule has 2 aromatic rings. The molecular formula is C8H4Cl2N2. The molecule has 60 valence electrons. The molecule has 4 heteroatoms. The minimum Gasteiger partial charge on any atom is -0.261 e. The van der Waals surface area contributed by atoms with E-state index in [0.29, 0.717) is 10.2 Å². The van der Waals surface area contributed by atoms with E-state index in [1.165, 1.54) is 0 Å². The van der Waals surface area contributed by atoms with Gasteiger partial charge in [-0.3, -0.25) is 4.98 Å². The van der Waals surface area contributed by atoms with Crippen LogP contribution in [0, 0.1) is 0 Å². The standard InChI is InChI=1S/C8H4Cl2N2/c9-6-3-11-4-7-5(6)1-2-8(10)12-7/h1-4H. The maximum absolute atomic E-state index is 5.86. The van der Waals surface area contributed by atoms with Crippen molar-refractivity contribution in [2.75, 3.05) is 0 Å². The molecule has 0 aliphatic carbocycles. The second-order valence-electron chi connectivity index (χ2n) is 2.32. The highest BCUT2D eigenvalue weighted by molar-refractivity contribution is 6.35. The monoisotopic (exact) mass is 198 g/mol. The third kappa shape index (κ3) is 1.24. The number of hydrogen-bond donors (Lipinski definition) is 0. The minimum absolute atomic E-state index is 0.451. The molecule has 0 unspecified atom stereocenters. The van der Waals surface area contributed by atoms with Gasteiger partial charge in [-0.25, -0.2) is 4.98 Å². The van der Waals surface area contributed by atoms with Gasteiger partial charge in [0.2, 0.25) is 0 Å². The fraction of sp³-hybridized carbons (Fsp3) is 0. The van der Waals surface area contributed by atoms with Crippen LogP contribution in [0.15, 0.2) is 24.5 Å². The van der Waals surface area contributed by atoms with Gasteiger partial charge in [-0.1, -0.05) is 23.2 Å². The number of rotatable bonds is 0. The van der Waals surface area contributed by atoms with Crippen molar-refractivity contribution in [3.05, 3.63) is 34.7 Å². The molecule has 0 aromatic carbocycles. The molecular weight excluding hydrogens is 195 g/mol. The Morgan fingerprint density at radius 2 is 1.92 bits per heavy atom. The van der Waals surface area contributed by atoms with Gasteiger partial charge in [0.1, 0.15) is 5.15 Å². The fourth-order valence-electron chi connectivity index (χ4n) is 0.993. The summed E-state index contributed by atoms with van der Waals surface area (Å²) < 4.78 is 0. The molecule has 0 spiro atoms. The van der Waals surface area contributed by atoms with Crippen LogP contribution in [0.1, 0.15) is 0 Å². The Morgan fingerprint density at radius 1 is 1.08 bits per heavy atom. The fourth-order valence-corrected chi connectivity index (χ4v) is 1.36. The first kappa shape index (κ1) is 7.77. The summed E-state index contributed by atoms with van der Waals surface area (Å²) in [5.74, 6) is 0.